The summed E-state index contributed by atoms with van der Waals surface area (Å²) in [5.74, 6) is -2.94. The zero-order valence-corrected chi connectivity index (χ0v) is 20.2. The Kier molecular flexibility index (Phi) is 5.57. The molecule has 3 unspecified atom stereocenters. The predicted molar refractivity (Wildman–Crippen MR) is 137 cm³/mol. The molecule has 5 N–H and O–H groups in total. The van der Waals surface area contributed by atoms with E-state index in [1.54, 1.807) is 24.3 Å². The smallest absolute Gasteiger partial charge is 0.178 e. The Hall–Kier alpha value is -5.18. The molecule has 0 aliphatic carbocycles. The second kappa shape index (κ2) is 8.98. The van der Waals surface area contributed by atoms with E-state index in [-0.39, 0.29) is 57.6 Å². The van der Waals surface area contributed by atoms with Gasteiger partial charge in [-0.05, 0) is 47.5 Å². The molecular formula is C30H22O9. The molecule has 0 bridgehead atoms. The molecule has 39 heavy (non-hydrogen) atoms. The van der Waals surface area contributed by atoms with Gasteiger partial charge in [-0.25, -0.2) is 0 Å². The van der Waals surface area contributed by atoms with Crippen LogP contribution in [-0.4, -0.2) is 37.1 Å². The van der Waals surface area contributed by atoms with E-state index in [0.29, 0.717) is 11.1 Å². The van der Waals surface area contributed by atoms with Gasteiger partial charge < -0.3 is 35.0 Å². The predicted octanol–water partition coefficient (Wildman–Crippen LogP) is 5.02. The third-order valence-corrected chi connectivity index (χ3v) is 7.05. The number of phenolic OH excluding ortho intramolecular Hbond substituents is 5. The Bertz CT molecular complexity index is 1620. The van der Waals surface area contributed by atoms with Crippen molar-refractivity contribution in [2.45, 2.75) is 24.5 Å². The largest absolute Gasteiger partial charge is 0.508 e. The molecular weight excluding hydrogens is 504 g/mol. The van der Waals surface area contributed by atoms with E-state index >= 15 is 0 Å². The Morgan fingerprint density at radius 1 is 0.718 bits per heavy atom. The lowest BCUT2D eigenvalue weighted by molar-refractivity contribution is 0.0829. The van der Waals surface area contributed by atoms with E-state index in [1.165, 1.54) is 42.5 Å². The second-order valence-corrected chi connectivity index (χ2v) is 9.51. The van der Waals surface area contributed by atoms with E-state index in [4.69, 9.17) is 9.47 Å². The van der Waals surface area contributed by atoms with E-state index in [2.05, 4.69) is 0 Å². The molecule has 0 saturated heterocycles. The average Bonchev–Trinajstić information content (AvgIpc) is 3.28. The van der Waals surface area contributed by atoms with Gasteiger partial charge in [0.25, 0.3) is 0 Å². The number of aromatic hydroxyl groups is 5. The lowest BCUT2D eigenvalue weighted by Gasteiger charge is -2.28. The average molecular weight is 526 g/mol. The minimum Gasteiger partial charge on any atom is -0.508 e. The van der Waals surface area contributed by atoms with Gasteiger partial charge in [0.1, 0.15) is 58.0 Å². The van der Waals surface area contributed by atoms with Crippen molar-refractivity contribution in [2.75, 3.05) is 0 Å². The summed E-state index contributed by atoms with van der Waals surface area (Å²) in [7, 11) is 0. The quantitative estimate of drug-likeness (QED) is 0.231. The SMILES string of the molecule is O=C1CC(c2ccc(O)cc2)Oc2c1c(O)cc1c2C(C(=O)c2ccc(O)cc2O)C(c2ccc(O)cc2)O1. The molecule has 2 heterocycles. The van der Waals surface area contributed by atoms with Gasteiger partial charge in [0.05, 0.1) is 23.5 Å². The Morgan fingerprint density at radius 3 is 1.97 bits per heavy atom. The van der Waals surface area contributed by atoms with Crippen molar-refractivity contribution in [3.05, 3.63) is 101 Å². The maximum Gasteiger partial charge on any atom is 0.178 e. The number of fused-ring (bicyclic) bond motifs is 3. The van der Waals surface area contributed by atoms with E-state index in [9.17, 15) is 35.1 Å². The Morgan fingerprint density at radius 2 is 1.33 bits per heavy atom. The van der Waals surface area contributed by atoms with Gasteiger partial charge in [-0.3, -0.25) is 9.59 Å². The lowest BCUT2D eigenvalue weighted by atomic mass is 9.82. The van der Waals surface area contributed by atoms with E-state index in [1.807, 2.05) is 0 Å². The van der Waals surface area contributed by atoms with Crippen molar-refractivity contribution in [3.8, 4) is 40.2 Å². The molecule has 4 aromatic rings. The number of benzene rings is 4. The van der Waals surface area contributed by atoms with Crippen molar-refractivity contribution in [1.29, 1.82) is 0 Å². The molecule has 0 saturated carbocycles. The first-order chi connectivity index (χ1) is 18.7. The summed E-state index contributed by atoms with van der Waals surface area (Å²) >= 11 is 0. The fourth-order valence-electron chi connectivity index (χ4n) is 5.20. The van der Waals surface area contributed by atoms with Gasteiger partial charge >= 0.3 is 0 Å². The molecule has 196 valence electrons. The number of phenols is 5. The van der Waals surface area contributed by atoms with Crippen LogP contribution >= 0.6 is 0 Å². The molecule has 4 aromatic carbocycles. The highest BCUT2D eigenvalue weighted by Gasteiger charge is 2.47. The van der Waals surface area contributed by atoms with Crippen LogP contribution in [0.2, 0.25) is 0 Å². The third-order valence-electron chi connectivity index (χ3n) is 7.05. The molecule has 9 heteroatoms. The number of hydrogen-bond donors (Lipinski definition) is 5. The molecule has 0 amide bonds. The van der Waals surface area contributed by atoms with Crippen molar-refractivity contribution in [1.82, 2.24) is 0 Å². The van der Waals surface area contributed by atoms with E-state index < -0.39 is 35.4 Å². The zero-order valence-electron chi connectivity index (χ0n) is 20.2. The molecule has 6 rings (SSSR count). The van der Waals surface area contributed by atoms with E-state index in [0.717, 1.165) is 6.07 Å². The zero-order chi connectivity index (χ0) is 27.4. The molecule has 0 spiro atoms. The summed E-state index contributed by atoms with van der Waals surface area (Å²) in [5.41, 5.74) is 1.20. The number of ketones is 2. The summed E-state index contributed by atoms with van der Waals surface area (Å²) in [6, 6.07) is 17.1. The van der Waals surface area contributed by atoms with Crippen molar-refractivity contribution in [3.63, 3.8) is 0 Å². The van der Waals surface area contributed by atoms with Crippen LogP contribution < -0.4 is 9.47 Å². The molecule has 3 atom stereocenters. The van der Waals surface area contributed by atoms with Crippen LogP contribution in [0.4, 0.5) is 0 Å². The standard InChI is InChI=1S/C30H22O9/c31-16-5-1-14(2-6-16)23-12-21(35)25-22(36)13-24-26(30(25)38-23)27(28(37)19-10-9-18(33)11-20(19)34)29(39-24)15-3-7-17(32)8-4-15/h1-11,13,23,27,29,31-34,36H,12H2. The first-order valence-electron chi connectivity index (χ1n) is 12.1. The van der Waals surface area contributed by atoms with Crippen LogP contribution in [0.1, 0.15) is 62.0 Å². The minimum absolute atomic E-state index is 0.00257. The summed E-state index contributed by atoms with van der Waals surface area (Å²) < 4.78 is 12.5. The monoisotopic (exact) mass is 526 g/mol. The highest BCUT2D eigenvalue weighted by Crippen LogP contribution is 2.57. The summed E-state index contributed by atoms with van der Waals surface area (Å²) in [5, 5.41) is 50.5. The van der Waals surface area contributed by atoms with Crippen LogP contribution in [0.25, 0.3) is 0 Å². The molecule has 0 radical (unpaired) electrons. The van der Waals surface area contributed by atoms with Crippen LogP contribution in [0.15, 0.2) is 72.8 Å². The molecule has 2 aliphatic rings. The molecule has 2 aliphatic heterocycles. The van der Waals surface area contributed by atoms with Crippen LogP contribution in [-0.2, 0) is 0 Å². The van der Waals surface area contributed by atoms with Gasteiger partial charge in [0.2, 0.25) is 0 Å². The second-order valence-electron chi connectivity index (χ2n) is 9.51. The van der Waals surface area contributed by atoms with Crippen molar-refractivity contribution < 1.29 is 44.6 Å². The Labute approximate surface area is 221 Å². The summed E-state index contributed by atoms with van der Waals surface area (Å²) in [6.07, 6.45) is -1.80. The normalized spacial score (nSPS) is 19.5. The highest BCUT2D eigenvalue weighted by molar-refractivity contribution is 6.08. The highest BCUT2D eigenvalue weighted by atomic mass is 16.5. The number of rotatable bonds is 4. The van der Waals surface area contributed by atoms with Crippen LogP contribution in [0.3, 0.4) is 0 Å². The fraction of sp³-hybridized carbons (Fsp3) is 0.133. The van der Waals surface area contributed by atoms with Crippen LogP contribution in [0.5, 0.6) is 40.2 Å². The van der Waals surface area contributed by atoms with Gasteiger partial charge in [0, 0.05) is 12.1 Å². The van der Waals surface area contributed by atoms with Gasteiger partial charge in [-0.1, -0.05) is 24.3 Å². The fourth-order valence-corrected chi connectivity index (χ4v) is 5.20. The first-order valence-corrected chi connectivity index (χ1v) is 12.1. The maximum atomic E-state index is 14.0. The van der Waals surface area contributed by atoms with Crippen molar-refractivity contribution in [2.24, 2.45) is 0 Å². The van der Waals surface area contributed by atoms with Crippen molar-refractivity contribution >= 4 is 11.6 Å². The van der Waals surface area contributed by atoms with Gasteiger partial charge in [-0.2, -0.15) is 0 Å². The molecule has 0 aromatic heterocycles. The number of carbonyl (C=O) groups is 2. The summed E-state index contributed by atoms with van der Waals surface area (Å²) in [6.45, 7) is 0. The minimum atomic E-state index is -1.12. The number of ether oxygens (including phenoxy) is 2. The van der Waals surface area contributed by atoms with Gasteiger partial charge in [0.15, 0.2) is 11.6 Å². The number of carbonyl (C=O) groups excluding carboxylic acids is 2. The number of Topliss-reactive ketones (excluding diaryl/α,β-unsaturated/α-hetero) is 2. The maximum absolute atomic E-state index is 14.0. The van der Waals surface area contributed by atoms with Crippen LogP contribution in [0, 0.1) is 0 Å². The number of hydrogen-bond acceptors (Lipinski definition) is 9. The molecule has 9 nitrogen and oxygen atoms in total. The summed E-state index contributed by atoms with van der Waals surface area (Å²) in [4.78, 5) is 27.3. The first kappa shape index (κ1) is 24.2. The van der Waals surface area contributed by atoms with Gasteiger partial charge in [-0.15, -0.1) is 0 Å². The Balaban J connectivity index is 1.53. The molecule has 0 fully saturated rings. The topological polar surface area (TPSA) is 154 Å². The third kappa shape index (κ3) is 4.04. The lowest BCUT2D eigenvalue weighted by Crippen LogP contribution is -2.24.